The fourth-order valence-corrected chi connectivity index (χ4v) is 4.73. The maximum absolute atomic E-state index is 12.9. The summed E-state index contributed by atoms with van der Waals surface area (Å²) in [6.07, 6.45) is 0.849. The molecule has 1 rings (SSSR count). The first-order valence-corrected chi connectivity index (χ1v) is 8.95. The lowest BCUT2D eigenvalue weighted by molar-refractivity contribution is 0.0329. The van der Waals surface area contributed by atoms with Gasteiger partial charge in [0.05, 0.1) is 0 Å². The van der Waals surface area contributed by atoms with Crippen LogP contribution in [-0.2, 0) is 19.7 Å². The molecule has 0 aromatic heterocycles. The first kappa shape index (κ1) is 17.3. The van der Waals surface area contributed by atoms with Crippen molar-refractivity contribution in [2.24, 2.45) is 0 Å². The van der Waals surface area contributed by atoms with Gasteiger partial charge in [0.2, 0.25) is 0 Å². The van der Waals surface area contributed by atoms with Gasteiger partial charge in [0, 0.05) is 25.4 Å². The number of aryl methyl sites for hydroxylation is 1. The molecule has 1 aromatic rings. The molecule has 0 spiro atoms. The van der Waals surface area contributed by atoms with Crippen LogP contribution in [0.2, 0.25) is 6.04 Å². The van der Waals surface area contributed by atoms with Crippen LogP contribution in [0.5, 0.6) is 0 Å². The summed E-state index contributed by atoms with van der Waals surface area (Å²) in [4.78, 5) is 0. The van der Waals surface area contributed by atoms with E-state index in [0.29, 0.717) is 6.04 Å². The lowest BCUT2D eigenvalue weighted by atomic mass is 10.2. The predicted molar refractivity (Wildman–Crippen MR) is 80.1 cm³/mol. The molecule has 0 amide bonds. The van der Waals surface area contributed by atoms with Crippen LogP contribution < -0.4 is 0 Å². The summed E-state index contributed by atoms with van der Waals surface area (Å²) in [5.41, 5.74) is 1.06. The first-order chi connectivity index (χ1) is 9.37. The van der Waals surface area contributed by atoms with Crippen molar-refractivity contribution in [3.8, 4) is 0 Å². The van der Waals surface area contributed by atoms with Crippen molar-refractivity contribution in [3.63, 3.8) is 0 Å². The molecule has 0 atom stereocenters. The third kappa shape index (κ3) is 5.71. The normalized spacial score (nSPS) is 12.4. The summed E-state index contributed by atoms with van der Waals surface area (Å²) in [5, 5.41) is 0. The Bertz CT molecular complexity index is 383. The average molecular weight is 300 g/mol. The largest absolute Gasteiger partial charge is 0.501 e. The van der Waals surface area contributed by atoms with Crippen LogP contribution in [0.3, 0.4) is 0 Å². The van der Waals surface area contributed by atoms with E-state index >= 15 is 0 Å². The van der Waals surface area contributed by atoms with Crippen molar-refractivity contribution in [1.82, 2.24) is 0 Å². The van der Waals surface area contributed by atoms with E-state index in [1.165, 1.54) is 12.1 Å². The maximum Gasteiger partial charge on any atom is 0.501 e. The second-order valence-corrected chi connectivity index (χ2v) is 8.09. The molecule has 0 saturated heterocycles. The van der Waals surface area contributed by atoms with E-state index in [9.17, 15) is 4.39 Å². The van der Waals surface area contributed by atoms with E-state index in [1.807, 2.05) is 27.7 Å². The van der Waals surface area contributed by atoms with Crippen LogP contribution in [0.25, 0.3) is 0 Å². The number of halogens is 1. The Morgan fingerprint density at radius 2 is 1.50 bits per heavy atom. The molecule has 0 aliphatic heterocycles. The Labute approximate surface area is 122 Å². The fourth-order valence-electron chi connectivity index (χ4n) is 2.01. The molecule has 0 saturated carbocycles. The zero-order valence-corrected chi connectivity index (χ0v) is 14.0. The van der Waals surface area contributed by atoms with Crippen molar-refractivity contribution in [2.45, 2.75) is 52.4 Å². The SMILES string of the molecule is CO[Si](CCc1ccc(F)cc1)(OC(C)C)OC(C)C. The Hall–Kier alpha value is -0.753. The molecular weight excluding hydrogens is 275 g/mol. The van der Waals surface area contributed by atoms with Gasteiger partial charge in [-0.2, -0.15) is 0 Å². The molecule has 0 fully saturated rings. The second-order valence-electron chi connectivity index (χ2n) is 5.35. The average Bonchev–Trinajstić information content (AvgIpc) is 2.36. The molecule has 0 unspecified atom stereocenters. The van der Waals surface area contributed by atoms with Gasteiger partial charge in [-0.05, 0) is 51.8 Å². The molecule has 3 nitrogen and oxygen atoms in total. The third-order valence-electron chi connectivity index (χ3n) is 2.77. The molecule has 0 aliphatic carbocycles. The highest BCUT2D eigenvalue weighted by atomic mass is 28.4. The summed E-state index contributed by atoms with van der Waals surface area (Å²) in [5.74, 6) is -0.221. The lowest BCUT2D eigenvalue weighted by Gasteiger charge is -2.31. The van der Waals surface area contributed by atoms with Gasteiger partial charge >= 0.3 is 8.80 Å². The summed E-state index contributed by atoms with van der Waals surface area (Å²) < 4.78 is 30.5. The molecular formula is C15H25FO3Si. The van der Waals surface area contributed by atoms with Crippen molar-refractivity contribution in [2.75, 3.05) is 7.11 Å². The monoisotopic (exact) mass is 300 g/mol. The minimum absolute atomic E-state index is 0.0496. The smallest absolute Gasteiger partial charge is 0.377 e. The third-order valence-corrected chi connectivity index (χ3v) is 5.92. The molecule has 0 aliphatic rings. The Morgan fingerprint density at radius 3 is 1.90 bits per heavy atom. The molecule has 0 heterocycles. The highest BCUT2D eigenvalue weighted by Gasteiger charge is 2.41. The van der Waals surface area contributed by atoms with Gasteiger partial charge < -0.3 is 13.3 Å². The Kier molecular flexibility index (Phi) is 6.81. The number of benzene rings is 1. The van der Waals surface area contributed by atoms with Gasteiger partial charge in [0.15, 0.2) is 0 Å². The quantitative estimate of drug-likeness (QED) is 0.683. The van der Waals surface area contributed by atoms with Crippen molar-refractivity contribution in [1.29, 1.82) is 0 Å². The van der Waals surface area contributed by atoms with E-state index in [0.717, 1.165) is 12.0 Å². The minimum atomic E-state index is -2.69. The second kappa shape index (κ2) is 7.88. The first-order valence-electron chi connectivity index (χ1n) is 7.02. The summed E-state index contributed by atoms with van der Waals surface area (Å²) in [7, 11) is -1.05. The zero-order valence-electron chi connectivity index (χ0n) is 13.0. The molecule has 0 radical (unpaired) electrons. The van der Waals surface area contributed by atoms with E-state index in [2.05, 4.69) is 0 Å². The zero-order chi connectivity index (χ0) is 15.2. The lowest BCUT2D eigenvalue weighted by Crippen LogP contribution is -2.48. The number of hydrogen-bond donors (Lipinski definition) is 0. The highest BCUT2D eigenvalue weighted by Crippen LogP contribution is 2.22. The van der Waals surface area contributed by atoms with Gasteiger partial charge in [-0.15, -0.1) is 0 Å². The van der Waals surface area contributed by atoms with E-state index in [-0.39, 0.29) is 18.0 Å². The molecule has 114 valence electrons. The molecule has 20 heavy (non-hydrogen) atoms. The molecule has 5 heteroatoms. The predicted octanol–water partition coefficient (Wildman–Crippen LogP) is 3.80. The molecule has 0 bridgehead atoms. The van der Waals surface area contributed by atoms with Crippen LogP contribution in [0.4, 0.5) is 4.39 Å². The Balaban J connectivity index is 2.74. The number of rotatable bonds is 8. The van der Waals surface area contributed by atoms with Crippen LogP contribution >= 0.6 is 0 Å². The van der Waals surface area contributed by atoms with Crippen LogP contribution in [-0.4, -0.2) is 28.1 Å². The van der Waals surface area contributed by atoms with E-state index in [4.69, 9.17) is 13.3 Å². The molecule has 0 N–H and O–H groups in total. The van der Waals surface area contributed by atoms with Gasteiger partial charge in [0.25, 0.3) is 0 Å². The van der Waals surface area contributed by atoms with Crippen LogP contribution in [0, 0.1) is 5.82 Å². The van der Waals surface area contributed by atoms with Crippen molar-refractivity contribution in [3.05, 3.63) is 35.6 Å². The topological polar surface area (TPSA) is 27.7 Å². The molecule has 1 aromatic carbocycles. The minimum Gasteiger partial charge on any atom is -0.377 e. The van der Waals surface area contributed by atoms with Gasteiger partial charge in [-0.25, -0.2) is 4.39 Å². The summed E-state index contributed by atoms with van der Waals surface area (Å²) >= 11 is 0. The van der Waals surface area contributed by atoms with Crippen molar-refractivity contribution >= 4 is 8.80 Å². The summed E-state index contributed by atoms with van der Waals surface area (Å²) in [6, 6.07) is 7.20. The summed E-state index contributed by atoms with van der Waals surface area (Å²) in [6.45, 7) is 7.90. The van der Waals surface area contributed by atoms with Crippen LogP contribution in [0.15, 0.2) is 24.3 Å². The fraction of sp³-hybridized carbons (Fsp3) is 0.600. The van der Waals surface area contributed by atoms with Gasteiger partial charge in [-0.1, -0.05) is 12.1 Å². The highest BCUT2D eigenvalue weighted by molar-refractivity contribution is 6.60. The van der Waals surface area contributed by atoms with E-state index < -0.39 is 8.80 Å². The van der Waals surface area contributed by atoms with Crippen molar-refractivity contribution < 1.29 is 17.7 Å². The van der Waals surface area contributed by atoms with Gasteiger partial charge in [0.1, 0.15) is 5.82 Å². The van der Waals surface area contributed by atoms with Crippen LogP contribution in [0.1, 0.15) is 33.3 Å². The number of hydrogen-bond acceptors (Lipinski definition) is 3. The standard InChI is InChI=1S/C15H25FO3Si/c1-12(2)18-20(17-5,19-13(3)4)11-10-14-6-8-15(16)9-7-14/h6-9,12-13H,10-11H2,1-5H3. The van der Waals surface area contributed by atoms with Gasteiger partial charge in [-0.3, -0.25) is 0 Å². The Morgan fingerprint density at radius 1 is 1.00 bits per heavy atom. The van der Waals surface area contributed by atoms with E-state index in [1.54, 1.807) is 19.2 Å². The maximum atomic E-state index is 12.9.